The number of allylic oxidation sites excluding steroid dienone is 1. The Hall–Kier alpha value is -1.77. The minimum Gasteiger partial charge on any atom is -0.399 e. The van der Waals surface area contributed by atoms with E-state index in [0.29, 0.717) is 17.8 Å². The van der Waals surface area contributed by atoms with Crippen LogP contribution in [0.5, 0.6) is 0 Å². The van der Waals surface area contributed by atoms with Crippen molar-refractivity contribution >= 4 is 11.6 Å². The number of hydrogen-bond donors (Lipinski definition) is 2. The maximum Gasteiger partial charge on any atom is 0.251 e. The average Bonchev–Trinajstić information content (AvgIpc) is 2.82. The van der Waals surface area contributed by atoms with E-state index in [-0.39, 0.29) is 5.91 Å². The molecule has 0 aromatic heterocycles. The van der Waals surface area contributed by atoms with Crippen molar-refractivity contribution in [3.8, 4) is 0 Å². The zero-order chi connectivity index (χ0) is 12.1. The lowest BCUT2D eigenvalue weighted by molar-refractivity contribution is 0.0954. The number of benzene rings is 1. The van der Waals surface area contributed by atoms with Gasteiger partial charge in [0.25, 0.3) is 5.91 Å². The molecule has 2 rings (SSSR count). The molecule has 0 spiro atoms. The molecule has 1 aliphatic rings. The van der Waals surface area contributed by atoms with Crippen LogP contribution in [0.2, 0.25) is 0 Å². The van der Waals surface area contributed by atoms with Crippen molar-refractivity contribution in [2.45, 2.75) is 25.7 Å². The fourth-order valence-electron chi connectivity index (χ4n) is 2.08. The quantitative estimate of drug-likeness (QED) is 0.616. The standard InChI is InChI=1S/C14H18N2O/c15-13-7-3-6-12(10-13)14(17)16-9-8-11-4-1-2-5-11/h3-4,6-7,10H,1-2,5,8-9,15H2,(H,16,17). The van der Waals surface area contributed by atoms with Crippen molar-refractivity contribution in [1.29, 1.82) is 0 Å². The van der Waals surface area contributed by atoms with E-state index in [0.717, 1.165) is 6.42 Å². The topological polar surface area (TPSA) is 55.1 Å². The van der Waals surface area contributed by atoms with Gasteiger partial charge in [0.1, 0.15) is 0 Å². The van der Waals surface area contributed by atoms with Crippen molar-refractivity contribution in [1.82, 2.24) is 5.32 Å². The Morgan fingerprint density at radius 3 is 3.00 bits per heavy atom. The Labute approximate surface area is 102 Å². The van der Waals surface area contributed by atoms with Gasteiger partial charge in [-0.3, -0.25) is 4.79 Å². The molecule has 0 aliphatic heterocycles. The molecule has 0 saturated carbocycles. The van der Waals surface area contributed by atoms with Gasteiger partial charge in [-0.15, -0.1) is 0 Å². The second kappa shape index (κ2) is 5.53. The van der Waals surface area contributed by atoms with Crippen LogP contribution in [-0.2, 0) is 0 Å². The van der Waals surface area contributed by atoms with E-state index in [1.165, 1.54) is 24.8 Å². The van der Waals surface area contributed by atoms with Gasteiger partial charge in [0.15, 0.2) is 0 Å². The van der Waals surface area contributed by atoms with Gasteiger partial charge in [0.05, 0.1) is 0 Å². The van der Waals surface area contributed by atoms with Gasteiger partial charge < -0.3 is 11.1 Å². The zero-order valence-electron chi connectivity index (χ0n) is 9.91. The number of nitrogens with two attached hydrogens (primary N) is 1. The van der Waals surface area contributed by atoms with Crippen molar-refractivity contribution < 1.29 is 4.79 Å². The third kappa shape index (κ3) is 3.34. The number of carbonyl (C=O) groups excluding carboxylic acids is 1. The summed E-state index contributed by atoms with van der Waals surface area (Å²) >= 11 is 0. The van der Waals surface area contributed by atoms with Crippen molar-refractivity contribution in [2.24, 2.45) is 0 Å². The first kappa shape index (κ1) is 11.7. The van der Waals surface area contributed by atoms with E-state index in [1.54, 1.807) is 24.3 Å². The highest BCUT2D eigenvalue weighted by Crippen LogP contribution is 2.19. The Morgan fingerprint density at radius 2 is 2.29 bits per heavy atom. The SMILES string of the molecule is Nc1cccc(C(=O)NCCC2=CCCC2)c1. The monoisotopic (exact) mass is 230 g/mol. The second-order valence-electron chi connectivity index (χ2n) is 4.39. The van der Waals surface area contributed by atoms with E-state index in [2.05, 4.69) is 11.4 Å². The average molecular weight is 230 g/mol. The van der Waals surface area contributed by atoms with Crippen LogP contribution in [0.15, 0.2) is 35.9 Å². The Kier molecular flexibility index (Phi) is 3.81. The minimum atomic E-state index is -0.0455. The highest BCUT2D eigenvalue weighted by molar-refractivity contribution is 5.94. The normalized spacial score (nSPS) is 14.5. The summed E-state index contributed by atoms with van der Waals surface area (Å²) in [6, 6.07) is 7.05. The molecule has 0 heterocycles. The zero-order valence-corrected chi connectivity index (χ0v) is 9.91. The van der Waals surface area contributed by atoms with E-state index in [1.807, 2.05) is 0 Å². The summed E-state index contributed by atoms with van der Waals surface area (Å²) in [6.07, 6.45) is 6.89. The molecular formula is C14H18N2O. The highest BCUT2D eigenvalue weighted by Gasteiger charge is 2.07. The third-order valence-electron chi connectivity index (χ3n) is 3.02. The van der Waals surface area contributed by atoms with Crippen LogP contribution in [0.3, 0.4) is 0 Å². The van der Waals surface area contributed by atoms with Gasteiger partial charge in [0, 0.05) is 17.8 Å². The second-order valence-corrected chi connectivity index (χ2v) is 4.39. The molecule has 3 heteroatoms. The summed E-state index contributed by atoms with van der Waals surface area (Å²) in [5, 5.41) is 2.92. The third-order valence-corrected chi connectivity index (χ3v) is 3.02. The summed E-state index contributed by atoms with van der Waals surface area (Å²) in [5.74, 6) is -0.0455. The van der Waals surface area contributed by atoms with Crippen LogP contribution in [0.4, 0.5) is 5.69 Å². The van der Waals surface area contributed by atoms with Gasteiger partial charge >= 0.3 is 0 Å². The van der Waals surface area contributed by atoms with Crippen LogP contribution in [0, 0.1) is 0 Å². The minimum absolute atomic E-state index is 0.0455. The van der Waals surface area contributed by atoms with E-state index in [9.17, 15) is 4.79 Å². The number of rotatable bonds is 4. The molecule has 1 aromatic rings. The molecule has 0 unspecified atom stereocenters. The first-order valence-electron chi connectivity index (χ1n) is 6.07. The highest BCUT2D eigenvalue weighted by atomic mass is 16.1. The molecule has 0 bridgehead atoms. The summed E-state index contributed by atoms with van der Waals surface area (Å²) < 4.78 is 0. The molecule has 90 valence electrons. The van der Waals surface area contributed by atoms with Crippen LogP contribution >= 0.6 is 0 Å². The van der Waals surface area contributed by atoms with Crippen molar-refractivity contribution in [3.63, 3.8) is 0 Å². The van der Waals surface area contributed by atoms with E-state index >= 15 is 0 Å². The summed E-state index contributed by atoms with van der Waals surface area (Å²) in [6.45, 7) is 0.708. The van der Waals surface area contributed by atoms with Gasteiger partial charge in [-0.25, -0.2) is 0 Å². The molecule has 17 heavy (non-hydrogen) atoms. The maximum atomic E-state index is 11.8. The largest absolute Gasteiger partial charge is 0.399 e. The smallest absolute Gasteiger partial charge is 0.251 e. The lowest BCUT2D eigenvalue weighted by Gasteiger charge is -2.06. The van der Waals surface area contributed by atoms with E-state index < -0.39 is 0 Å². The van der Waals surface area contributed by atoms with Crippen LogP contribution in [-0.4, -0.2) is 12.5 Å². The number of hydrogen-bond acceptors (Lipinski definition) is 2. The molecule has 0 fully saturated rings. The molecule has 3 nitrogen and oxygen atoms in total. The first-order valence-corrected chi connectivity index (χ1v) is 6.07. The number of nitrogen functional groups attached to an aromatic ring is 1. The van der Waals surface area contributed by atoms with E-state index in [4.69, 9.17) is 5.73 Å². The molecule has 0 radical (unpaired) electrons. The number of nitrogens with one attached hydrogen (secondary N) is 1. The molecule has 0 atom stereocenters. The lowest BCUT2D eigenvalue weighted by Crippen LogP contribution is -2.24. The number of carbonyl (C=O) groups is 1. The molecular weight excluding hydrogens is 212 g/mol. The van der Waals surface area contributed by atoms with Crippen LogP contribution < -0.4 is 11.1 Å². The Bertz CT molecular complexity index is 438. The summed E-state index contributed by atoms with van der Waals surface area (Å²) in [7, 11) is 0. The Balaban J connectivity index is 1.81. The fraction of sp³-hybridized carbons (Fsp3) is 0.357. The predicted molar refractivity (Wildman–Crippen MR) is 69.7 cm³/mol. The van der Waals surface area contributed by atoms with Crippen LogP contribution in [0.1, 0.15) is 36.0 Å². The van der Waals surface area contributed by atoms with Gasteiger partial charge in [0.2, 0.25) is 0 Å². The first-order chi connectivity index (χ1) is 8.25. The van der Waals surface area contributed by atoms with Gasteiger partial charge in [-0.2, -0.15) is 0 Å². The van der Waals surface area contributed by atoms with Gasteiger partial charge in [-0.05, 0) is 43.9 Å². The molecule has 1 amide bonds. The van der Waals surface area contributed by atoms with Gasteiger partial charge in [-0.1, -0.05) is 17.7 Å². The fourth-order valence-corrected chi connectivity index (χ4v) is 2.08. The molecule has 3 N–H and O–H groups in total. The Morgan fingerprint density at radius 1 is 1.41 bits per heavy atom. The maximum absolute atomic E-state index is 11.8. The number of anilines is 1. The summed E-state index contributed by atoms with van der Waals surface area (Å²) in [4.78, 5) is 11.8. The molecule has 0 saturated heterocycles. The predicted octanol–water partition coefficient (Wildman–Crippen LogP) is 2.50. The lowest BCUT2D eigenvalue weighted by atomic mass is 10.1. The summed E-state index contributed by atoms with van der Waals surface area (Å²) in [5.41, 5.74) is 8.36. The van der Waals surface area contributed by atoms with Crippen LogP contribution in [0.25, 0.3) is 0 Å². The van der Waals surface area contributed by atoms with Crippen molar-refractivity contribution in [3.05, 3.63) is 41.5 Å². The molecule has 1 aliphatic carbocycles. The van der Waals surface area contributed by atoms with Crippen molar-refractivity contribution in [2.75, 3.05) is 12.3 Å². The molecule has 1 aromatic carbocycles. The number of amides is 1.